The van der Waals surface area contributed by atoms with Crippen LogP contribution in [0.15, 0.2) is 12.3 Å². The molecule has 0 amide bonds. The molecule has 16 heavy (non-hydrogen) atoms. The van der Waals surface area contributed by atoms with Gasteiger partial charge in [0.25, 0.3) is 0 Å². The summed E-state index contributed by atoms with van der Waals surface area (Å²) < 4.78 is 1.95. The zero-order valence-electron chi connectivity index (χ0n) is 10.4. The van der Waals surface area contributed by atoms with Gasteiger partial charge in [-0.1, -0.05) is 25.7 Å². The quantitative estimate of drug-likeness (QED) is 0.828. The van der Waals surface area contributed by atoms with Crippen molar-refractivity contribution in [1.82, 2.24) is 15.1 Å². The lowest BCUT2D eigenvalue weighted by molar-refractivity contribution is 0.445. The number of hydrogen-bond donors (Lipinski definition) is 1. The highest BCUT2D eigenvalue weighted by Crippen LogP contribution is 2.27. The molecule has 1 aliphatic carbocycles. The predicted molar refractivity (Wildman–Crippen MR) is 66.2 cm³/mol. The van der Waals surface area contributed by atoms with Crippen molar-refractivity contribution in [3.05, 3.63) is 18.0 Å². The van der Waals surface area contributed by atoms with Crippen LogP contribution in [-0.2, 0) is 7.05 Å². The van der Waals surface area contributed by atoms with Gasteiger partial charge in [0.15, 0.2) is 0 Å². The minimum Gasteiger partial charge on any atom is -0.309 e. The highest BCUT2D eigenvalue weighted by atomic mass is 15.3. The van der Waals surface area contributed by atoms with E-state index in [1.54, 1.807) is 0 Å². The van der Waals surface area contributed by atoms with E-state index in [1.165, 1.54) is 37.8 Å². The molecule has 0 saturated heterocycles. The molecule has 2 rings (SSSR count). The van der Waals surface area contributed by atoms with E-state index < -0.39 is 0 Å². The summed E-state index contributed by atoms with van der Waals surface area (Å²) in [6.45, 7) is 3.35. The second-order valence-electron chi connectivity index (χ2n) is 4.99. The van der Waals surface area contributed by atoms with Crippen LogP contribution in [0.2, 0.25) is 0 Å². The molecule has 0 aliphatic heterocycles. The van der Waals surface area contributed by atoms with Crippen LogP contribution in [0.1, 0.15) is 50.8 Å². The second kappa shape index (κ2) is 5.48. The summed E-state index contributed by atoms with van der Waals surface area (Å²) in [4.78, 5) is 0. The van der Waals surface area contributed by atoms with Gasteiger partial charge in [-0.25, -0.2) is 0 Å². The Bertz CT molecular complexity index is 313. The standard InChI is InChI=1S/C13H23N3/c1-11(13-8-10-15-16(13)2)14-9-7-12-5-3-4-6-12/h8,10-12,14H,3-7,9H2,1-2H3. The van der Waals surface area contributed by atoms with Gasteiger partial charge >= 0.3 is 0 Å². The smallest absolute Gasteiger partial charge is 0.0547 e. The molecule has 0 radical (unpaired) electrons. The maximum Gasteiger partial charge on any atom is 0.0547 e. The molecule has 1 atom stereocenters. The van der Waals surface area contributed by atoms with Gasteiger partial charge in [0.2, 0.25) is 0 Å². The topological polar surface area (TPSA) is 29.9 Å². The first kappa shape index (κ1) is 11.6. The van der Waals surface area contributed by atoms with E-state index in [4.69, 9.17) is 0 Å². The summed E-state index contributed by atoms with van der Waals surface area (Å²) in [7, 11) is 2.00. The average Bonchev–Trinajstić information content (AvgIpc) is 2.88. The molecular weight excluding hydrogens is 198 g/mol. The van der Waals surface area contributed by atoms with Gasteiger partial charge in [-0.05, 0) is 31.9 Å². The van der Waals surface area contributed by atoms with Crippen LogP contribution in [-0.4, -0.2) is 16.3 Å². The lowest BCUT2D eigenvalue weighted by Crippen LogP contribution is -2.23. The highest BCUT2D eigenvalue weighted by Gasteiger charge is 2.15. The Morgan fingerprint density at radius 1 is 1.50 bits per heavy atom. The number of nitrogens with zero attached hydrogens (tertiary/aromatic N) is 2. The van der Waals surface area contributed by atoms with Crippen molar-refractivity contribution in [3.8, 4) is 0 Å². The van der Waals surface area contributed by atoms with Crippen molar-refractivity contribution in [3.63, 3.8) is 0 Å². The van der Waals surface area contributed by atoms with E-state index in [0.717, 1.165) is 12.5 Å². The Kier molecular flexibility index (Phi) is 3.99. The minimum absolute atomic E-state index is 0.411. The van der Waals surface area contributed by atoms with E-state index in [2.05, 4.69) is 23.4 Å². The summed E-state index contributed by atoms with van der Waals surface area (Å²) in [5.41, 5.74) is 1.27. The molecule has 0 aromatic carbocycles. The maximum absolute atomic E-state index is 4.20. The molecule has 0 spiro atoms. The molecular formula is C13H23N3. The Balaban J connectivity index is 1.71. The molecule has 3 nitrogen and oxygen atoms in total. The fraction of sp³-hybridized carbons (Fsp3) is 0.769. The lowest BCUT2D eigenvalue weighted by Gasteiger charge is -2.16. The van der Waals surface area contributed by atoms with E-state index in [-0.39, 0.29) is 0 Å². The summed E-state index contributed by atoms with van der Waals surface area (Å²) in [5.74, 6) is 0.978. The van der Waals surface area contributed by atoms with Gasteiger partial charge in [0.05, 0.1) is 5.69 Å². The van der Waals surface area contributed by atoms with Gasteiger partial charge < -0.3 is 5.32 Å². The van der Waals surface area contributed by atoms with Crippen LogP contribution in [0.3, 0.4) is 0 Å². The first-order chi connectivity index (χ1) is 7.77. The van der Waals surface area contributed by atoms with E-state index >= 15 is 0 Å². The minimum atomic E-state index is 0.411. The Morgan fingerprint density at radius 2 is 2.25 bits per heavy atom. The number of hydrogen-bond acceptors (Lipinski definition) is 2. The number of aromatic nitrogens is 2. The van der Waals surface area contributed by atoms with Crippen LogP contribution in [0.25, 0.3) is 0 Å². The zero-order chi connectivity index (χ0) is 11.4. The second-order valence-corrected chi connectivity index (χ2v) is 4.99. The van der Waals surface area contributed by atoms with E-state index in [9.17, 15) is 0 Å². The van der Waals surface area contributed by atoms with Gasteiger partial charge in [-0.3, -0.25) is 4.68 Å². The van der Waals surface area contributed by atoms with Crippen molar-refractivity contribution >= 4 is 0 Å². The first-order valence-corrected chi connectivity index (χ1v) is 6.48. The van der Waals surface area contributed by atoms with Crippen molar-refractivity contribution in [2.75, 3.05) is 6.54 Å². The maximum atomic E-state index is 4.20. The van der Waals surface area contributed by atoms with Gasteiger partial charge in [-0.2, -0.15) is 5.10 Å². The van der Waals surface area contributed by atoms with Gasteiger partial charge in [0, 0.05) is 19.3 Å². The van der Waals surface area contributed by atoms with Crippen LogP contribution in [0.5, 0.6) is 0 Å². The molecule has 90 valence electrons. The van der Waals surface area contributed by atoms with Crippen molar-refractivity contribution in [1.29, 1.82) is 0 Å². The molecule has 3 heteroatoms. The molecule has 0 bridgehead atoms. The number of nitrogens with one attached hydrogen (secondary N) is 1. The molecule has 1 unspecified atom stereocenters. The zero-order valence-corrected chi connectivity index (χ0v) is 10.4. The van der Waals surface area contributed by atoms with Crippen LogP contribution in [0.4, 0.5) is 0 Å². The lowest BCUT2D eigenvalue weighted by atomic mass is 10.0. The van der Waals surface area contributed by atoms with Crippen molar-refractivity contribution in [2.24, 2.45) is 13.0 Å². The Morgan fingerprint density at radius 3 is 2.88 bits per heavy atom. The molecule has 1 aromatic heterocycles. The normalized spacial score (nSPS) is 19.1. The SMILES string of the molecule is CC(NCCC1CCCC1)c1ccnn1C. The number of rotatable bonds is 5. The van der Waals surface area contributed by atoms with Crippen molar-refractivity contribution in [2.45, 2.75) is 45.1 Å². The third-order valence-corrected chi connectivity index (χ3v) is 3.78. The molecule has 1 N–H and O–H groups in total. The van der Waals surface area contributed by atoms with E-state index in [0.29, 0.717) is 6.04 Å². The fourth-order valence-corrected chi connectivity index (χ4v) is 2.72. The first-order valence-electron chi connectivity index (χ1n) is 6.48. The Hall–Kier alpha value is -0.830. The van der Waals surface area contributed by atoms with Gasteiger partial charge in [0.1, 0.15) is 0 Å². The molecule has 1 heterocycles. The van der Waals surface area contributed by atoms with Gasteiger partial charge in [-0.15, -0.1) is 0 Å². The third-order valence-electron chi connectivity index (χ3n) is 3.78. The third kappa shape index (κ3) is 2.85. The summed E-state index contributed by atoms with van der Waals surface area (Å²) in [6.07, 6.45) is 8.99. The molecule has 1 fully saturated rings. The largest absolute Gasteiger partial charge is 0.309 e. The highest BCUT2D eigenvalue weighted by molar-refractivity contribution is 5.05. The summed E-state index contributed by atoms with van der Waals surface area (Å²) in [6, 6.07) is 2.50. The van der Waals surface area contributed by atoms with Crippen LogP contribution < -0.4 is 5.32 Å². The summed E-state index contributed by atoms with van der Waals surface area (Å²) in [5, 5.41) is 7.79. The Labute approximate surface area is 98.2 Å². The summed E-state index contributed by atoms with van der Waals surface area (Å²) >= 11 is 0. The number of aryl methyl sites for hydroxylation is 1. The van der Waals surface area contributed by atoms with Crippen LogP contribution >= 0.6 is 0 Å². The fourth-order valence-electron chi connectivity index (χ4n) is 2.72. The molecule has 1 aromatic rings. The average molecular weight is 221 g/mol. The molecule has 1 saturated carbocycles. The predicted octanol–water partition coefficient (Wildman–Crippen LogP) is 2.65. The monoisotopic (exact) mass is 221 g/mol. The molecule has 1 aliphatic rings. The van der Waals surface area contributed by atoms with Crippen LogP contribution in [0, 0.1) is 5.92 Å². The van der Waals surface area contributed by atoms with Crippen molar-refractivity contribution < 1.29 is 0 Å². The van der Waals surface area contributed by atoms with E-state index in [1.807, 2.05) is 17.9 Å².